The molecule has 0 aliphatic carbocycles. The van der Waals surface area contributed by atoms with Crippen LogP contribution in [0.5, 0.6) is 0 Å². The summed E-state index contributed by atoms with van der Waals surface area (Å²) in [6.45, 7) is 7.54. The molecular formula is C19H26N2O3. The number of hydrogen-bond donors (Lipinski definition) is 0. The minimum atomic E-state index is -0.491. The van der Waals surface area contributed by atoms with E-state index in [1.165, 1.54) is 0 Å². The maximum absolute atomic E-state index is 12.8. The van der Waals surface area contributed by atoms with Crippen LogP contribution in [0.15, 0.2) is 18.2 Å². The lowest BCUT2D eigenvalue weighted by molar-refractivity contribution is 0.00251. The van der Waals surface area contributed by atoms with Crippen LogP contribution in [-0.4, -0.2) is 39.4 Å². The predicted octanol–water partition coefficient (Wildman–Crippen LogP) is 3.75. The lowest BCUT2D eigenvalue weighted by Gasteiger charge is -2.38. The van der Waals surface area contributed by atoms with Gasteiger partial charge in [0.25, 0.3) is 0 Å². The number of nitrogens with zero attached hydrogens (tertiary/aromatic N) is 2. The molecule has 1 aromatic rings. The average molecular weight is 330 g/mol. The van der Waals surface area contributed by atoms with Gasteiger partial charge in [0.15, 0.2) is 5.78 Å². The number of ketones is 1. The van der Waals surface area contributed by atoms with Crippen molar-refractivity contribution in [1.29, 1.82) is 0 Å². The quantitative estimate of drug-likeness (QED) is 0.775. The SMILES string of the molecule is Cc1cccc(C(=O)C2CC3CCC(C2)N3C(=O)OC(C)(C)C)n1. The summed E-state index contributed by atoms with van der Waals surface area (Å²) < 4.78 is 5.54. The van der Waals surface area contributed by atoms with Crippen LogP contribution < -0.4 is 0 Å². The van der Waals surface area contributed by atoms with Gasteiger partial charge in [-0.25, -0.2) is 4.79 Å². The third-order valence-electron chi connectivity index (χ3n) is 4.85. The molecule has 2 aliphatic rings. The summed E-state index contributed by atoms with van der Waals surface area (Å²) in [7, 11) is 0. The highest BCUT2D eigenvalue weighted by Crippen LogP contribution is 2.40. The monoisotopic (exact) mass is 330 g/mol. The molecule has 2 bridgehead atoms. The number of fused-ring (bicyclic) bond motifs is 2. The molecule has 0 N–H and O–H groups in total. The number of Topliss-reactive ketones (excluding diaryl/α,β-unsaturated/α-hetero) is 1. The number of aromatic nitrogens is 1. The molecule has 2 unspecified atom stereocenters. The van der Waals surface area contributed by atoms with E-state index in [0.717, 1.165) is 18.5 Å². The lowest BCUT2D eigenvalue weighted by Crippen LogP contribution is -2.49. The number of amides is 1. The molecule has 3 rings (SSSR count). The molecule has 0 aromatic carbocycles. The molecule has 24 heavy (non-hydrogen) atoms. The van der Waals surface area contributed by atoms with Gasteiger partial charge in [0.05, 0.1) is 0 Å². The summed E-state index contributed by atoms with van der Waals surface area (Å²) in [6.07, 6.45) is 3.09. The summed E-state index contributed by atoms with van der Waals surface area (Å²) in [5, 5.41) is 0. The lowest BCUT2D eigenvalue weighted by atomic mass is 9.86. The van der Waals surface area contributed by atoms with Gasteiger partial charge in [-0.3, -0.25) is 9.78 Å². The fourth-order valence-corrected chi connectivity index (χ4v) is 3.89. The van der Waals surface area contributed by atoms with Crippen LogP contribution in [0.2, 0.25) is 0 Å². The van der Waals surface area contributed by atoms with E-state index in [1.807, 2.05) is 44.7 Å². The van der Waals surface area contributed by atoms with Crippen molar-refractivity contribution in [3.63, 3.8) is 0 Å². The van der Waals surface area contributed by atoms with Gasteiger partial charge in [-0.15, -0.1) is 0 Å². The molecule has 2 atom stereocenters. The van der Waals surface area contributed by atoms with E-state index >= 15 is 0 Å². The third kappa shape index (κ3) is 3.45. The van der Waals surface area contributed by atoms with Crippen LogP contribution in [0.3, 0.4) is 0 Å². The highest BCUT2D eigenvalue weighted by atomic mass is 16.6. The number of piperidine rings is 1. The first-order chi connectivity index (χ1) is 11.2. The van der Waals surface area contributed by atoms with Gasteiger partial charge in [0.2, 0.25) is 0 Å². The Labute approximate surface area is 143 Å². The molecule has 1 amide bonds. The fraction of sp³-hybridized carbons (Fsp3) is 0.632. The summed E-state index contributed by atoms with van der Waals surface area (Å²) in [6, 6.07) is 5.78. The maximum Gasteiger partial charge on any atom is 0.410 e. The molecule has 130 valence electrons. The van der Waals surface area contributed by atoms with Crippen LogP contribution in [0.1, 0.15) is 62.6 Å². The Morgan fingerprint density at radius 1 is 1.17 bits per heavy atom. The van der Waals surface area contributed by atoms with E-state index in [-0.39, 0.29) is 29.9 Å². The molecule has 0 radical (unpaired) electrons. The first-order valence-corrected chi connectivity index (χ1v) is 8.74. The Morgan fingerprint density at radius 2 is 1.79 bits per heavy atom. The highest BCUT2D eigenvalue weighted by molar-refractivity contribution is 5.96. The summed E-state index contributed by atoms with van der Waals surface area (Å²) in [5.41, 5.74) is 0.912. The molecule has 0 spiro atoms. The van der Waals surface area contributed by atoms with Crippen LogP contribution in [0.25, 0.3) is 0 Å². The molecule has 2 saturated heterocycles. The van der Waals surface area contributed by atoms with E-state index in [4.69, 9.17) is 4.74 Å². The van der Waals surface area contributed by atoms with Gasteiger partial charge in [-0.2, -0.15) is 0 Å². The Kier molecular flexibility index (Phi) is 4.37. The van der Waals surface area contributed by atoms with Crippen LogP contribution >= 0.6 is 0 Å². The van der Waals surface area contributed by atoms with Gasteiger partial charge in [-0.05, 0) is 65.5 Å². The van der Waals surface area contributed by atoms with Crippen LogP contribution in [-0.2, 0) is 4.74 Å². The highest BCUT2D eigenvalue weighted by Gasteiger charge is 2.46. The molecule has 5 nitrogen and oxygen atoms in total. The third-order valence-corrected chi connectivity index (χ3v) is 4.85. The van der Waals surface area contributed by atoms with Gasteiger partial charge >= 0.3 is 6.09 Å². The smallest absolute Gasteiger partial charge is 0.410 e. The number of hydrogen-bond acceptors (Lipinski definition) is 4. The van der Waals surface area contributed by atoms with E-state index in [1.54, 1.807) is 6.07 Å². The number of rotatable bonds is 2. The second-order valence-corrected chi connectivity index (χ2v) is 7.97. The Balaban J connectivity index is 1.71. The molecule has 1 aromatic heterocycles. The number of carbonyl (C=O) groups excluding carboxylic acids is 2. The standard InChI is InChI=1S/C19H26N2O3/c1-12-6-5-7-16(20-12)17(22)13-10-14-8-9-15(11-13)21(14)18(23)24-19(2,3)4/h5-7,13-15H,8-11H2,1-4H3. The molecule has 3 heterocycles. The van der Waals surface area contributed by atoms with Crippen molar-refractivity contribution in [1.82, 2.24) is 9.88 Å². The fourth-order valence-electron chi connectivity index (χ4n) is 3.89. The minimum Gasteiger partial charge on any atom is -0.444 e. The second kappa shape index (κ2) is 6.19. The minimum absolute atomic E-state index is 0.0458. The Hall–Kier alpha value is -1.91. The molecule has 2 fully saturated rings. The number of pyridine rings is 1. The second-order valence-electron chi connectivity index (χ2n) is 7.97. The van der Waals surface area contributed by atoms with E-state index < -0.39 is 5.60 Å². The predicted molar refractivity (Wildman–Crippen MR) is 90.9 cm³/mol. The first-order valence-electron chi connectivity index (χ1n) is 8.74. The molecular weight excluding hydrogens is 304 g/mol. The van der Waals surface area contributed by atoms with Crippen molar-refractivity contribution in [2.45, 2.75) is 71.1 Å². The average Bonchev–Trinajstić information content (AvgIpc) is 2.75. The largest absolute Gasteiger partial charge is 0.444 e. The van der Waals surface area contributed by atoms with Crippen molar-refractivity contribution in [2.75, 3.05) is 0 Å². The normalized spacial score (nSPS) is 26.3. The van der Waals surface area contributed by atoms with Crippen molar-refractivity contribution < 1.29 is 14.3 Å². The number of ether oxygens (including phenoxy) is 1. The van der Waals surface area contributed by atoms with E-state index in [2.05, 4.69) is 4.98 Å². The maximum atomic E-state index is 12.8. The molecule has 2 aliphatic heterocycles. The van der Waals surface area contributed by atoms with Crippen molar-refractivity contribution in [3.05, 3.63) is 29.6 Å². The Bertz CT molecular complexity index is 636. The zero-order valence-electron chi connectivity index (χ0n) is 14.9. The van der Waals surface area contributed by atoms with Gasteiger partial charge in [0, 0.05) is 23.7 Å². The number of carbonyl (C=O) groups is 2. The van der Waals surface area contributed by atoms with Gasteiger partial charge in [0.1, 0.15) is 11.3 Å². The van der Waals surface area contributed by atoms with Crippen molar-refractivity contribution in [2.24, 2.45) is 5.92 Å². The van der Waals surface area contributed by atoms with Crippen LogP contribution in [0.4, 0.5) is 4.79 Å². The summed E-state index contributed by atoms with van der Waals surface area (Å²) in [4.78, 5) is 31.5. The molecule has 5 heteroatoms. The van der Waals surface area contributed by atoms with Gasteiger partial charge in [-0.1, -0.05) is 6.07 Å². The summed E-state index contributed by atoms with van der Waals surface area (Å²) >= 11 is 0. The topological polar surface area (TPSA) is 59.5 Å². The van der Waals surface area contributed by atoms with Gasteiger partial charge < -0.3 is 9.64 Å². The number of aryl methyl sites for hydroxylation is 1. The van der Waals surface area contributed by atoms with E-state index in [9.17, 15) is 9.59 Å². The Morgan fingerprint density at radius 3 is 2.33 bits per heavy atom. The van der Waals surface area contributed by atoms with Crippen molar-refractivity contribution >= 4 is 11.9 Å². The zero-order valence-corrected chi connectivity index (χ0v) is 14.9. The van der Waals surface area contributed by atoms with E-state index in [0.29, 0.717) is 18.5 Å². The first kappa shape index (κ1) is 16.9. The zero-order chi connectivity index (χ0) is 17.5. The van der Waals surface area contributed by atoms with Crippen LogP contribution in [0, 0.1) is 12.8 Å². The summed E-state index contributed by atoms with van der Waals surface area (Å²) in [5.74, 6) is 0.0647. The molecule has 0 saturated carbocycles. The van der Waals surface area contributed by atoms with Crippen molar-refractivity contribution in [3.8, 4) is 0 Å².